The van der Waals surface area contributed by atoms with Gasteiger partial charge in [0.25, 0.3) is 0 Å². The summed E-state index contributed by atoms with van der Waals surface area (Å²) in [7, 11) is 1.35. The van der Waals surface area contributed by atoms with Gasteiger partial charge >= 0.3 is 0 Å². The van der Waals surface area contributed by atoms with Gasteiger partial charge in [0.15, 0.2) is 0 Å². The second-order valence-corrected chi connectivity index (χ2v) is 5.93. The quantitative estimate of drug-likeness (QED) is 0.615. The Morgan fingerprint density at radius 1 is 1.50 bits per heavy atom. The van der Waals surface area contributed by atoms with Gasteiger partial charge in [-0.05, 0) is 12.5 Å². The fourth-order valence-corrected chi connectivity index (χ4v) is 1.75. The van der Waals surface area contributed by atoms with Gasteiger partial charge in [0, 0.05) is 22.4 Å². The molecule has 0 bridgehead atoms. The van der Waals surface area contributed by atoms with Crippen molar-refractivity contribution in [2.45, 2.75) is 6.42 Å². The van der Waals surface area contributed by atoms with Crippen LogP contribution in [-0.2, 0) is 15.5 Å². The summed E-state index contributed by atoms with van der Waals surface area (Å²) >= 11 is 5.56. The second-order valence-electron chi connectivity index (χ2n) is 2.60. The molecule has 0 fully saturated rings. The topological polar surface area (TPSA) is 47.0 Å². The predicted octanol–water partition coefficient (Wildman–Crippen LogP) is 1.99. The third-order valence-electron chi connectivity index (χ3n) is 1.49. The Hall–Kier alpha value is -0.390. The van der Waals surface area contributed by atoms with Crippen LogP contribution in [0.4, 0.5) is 4.39 Å². The number of hydrogen-bond donors (Lipinski definition) is 0. The van der Waals surface area contributed by atoms with E-state index in [2.05, 4.69) is 4.98 Å². The number of rotatable bonds is 3. The van der Waals surface area contributed by atoms with Crippen molar-refractivity contribution in [3.63, 3.8) is 0 Å². The Labute approximate surface area is 90.3 Å². The van der Waals surface area contributed by atoms with E-state index in [0.717, 1.165) is 6.20 Å². The molecule has 0 saturated heterocycles. The van der Waals surface area contributed by atoms with Crippen molar-refractivity contribution in [1.29, 1.82) is 0 Å². The van der Waals surface area contributed by atoms with E-state index in [1.807, 2.05) is 0 Å². The standard InChI is InChI=1S/C7H6Cl2FNO2S/c8-6-3-5(7(10)11-4-6)1-2-14(9,12)13/h3-4H,1-2H2. The molecule has 1 aromatic rings. The van der Waals surface area contributed by atoms with Crippen LogP contribution in [0.15, 0.2) is 12.3 Å². The maximum Gasteiger partial charge on any atom is 0.232 e. The van der Waals surface area contributed by atoms with Gasteiger partial charge in [0.05, 0.1) is 10.8 Å². The van der Waals surface area contributed by atoms with Crippen LogP contribution in [-0.4, -0.2) is 19.2 Å². The zero-order valence-corrected chi connectivity index (χ0v) is 9.20. The first-order chi connectivity index (χ1) is 6.38. The molecule has 1 heterocycles. The lowest BCUT2D eigenvalue weighted by molar-refractivity contribution is 0.567. The van der Waals surface area contributed by atoms with E-state index in [0.29, 0.717) is 0 Å². The first-order valence-corrected chi connectivity index (χ1v) is 6.46. The zero-order valence-electron chi connectivity index (χ0n) is 6.87. The number of hydrogen-bond acceptors (Lipinski definition) is 3. The molecule has 0 aliphatic rings. The summed E-state index contributed by atoms with van der Waals surface area (Å²) in [5, 5.41) is 0.258. The summed E-state index contributed by atoms with van der Waals surface area (Å²) in [4.78, 5) is 3.34. The maximum atomic E-state index is 12.9. The number of aromatic nitrogens is 1. The van der Waals surface area contributed by atoms with Crippen LogP contribution in [0.2, 0.25) is 5.02 Å². The third kappa shape index (κ3) is 3.77. The minimum absolute atomic E-state index is 0.0365. The van der Waals surface area contributed by atoms with Gasteiger partial charge in [-0.3, -0.25) is 0 Å². The van der Waals surface area contributed by atoms with Crippen molar-refractivity contribution in [2.24, 2.45) is 0 Å². The average molecular weight is 258 g/mol. The first kappa shape index (κ1) is 11.7. The smallest absolute Gasteiger partial charge is 0.227 e. The molecule has 0 atom stereocenters. The molecule has 0 amide bonds. The van der Waals surface area contributed by atoms with Crippen LogP contribution in [0.5, 0.6) is 0 Å². The highest BCUT2D eigenvalue weighted by molar-refractivity contribution is 8.13. The Balaban J connectivity index is 2.81. The van der Waals surface area contributed by atoms with Crippen molar-refractivity contribution in [2.75, 3.05) is 5.75 Å². The lowest BCUT2D eigenvalue weighted by atomic mass is 10.2. The van der Waals surface area contributed by atoms with Crippen LogP contribution in [0.3, 0.4) is 0 Å². The molecule has 0 aliphatic carbocycles. The van der Waals surface area contributed by atoms with E-state index in [-0.39, 0.29) is 22.8 Å². The average Bonchev–Trinajstić information content (AvgIpc) is 2.05. The molecule has 0 radical (unpaired) electrons. The Kier molecular flexibility index (Phi) is 3.69. The summed E-state index contributed by atoms with van der Waals surface area (Å²) in [6, 6.07) is 1.33. The molecular weight excluding hydrogens is 252 g/mol. The Bertz CT molecular complexity index is 435. The minimum Gasteiger partial charge on any atom is -0.227 e. The van der Waals surface area contributed by atoms with E-state index in [1.54, 1.807) is 0 Å². The highest BCUT2D eigenvalue weighted by atomic mass is 35.7. The molecule has 0 saturated carbocycles. The van der Waals surface area contributed by atoms with Gasteiger partial charge in [0.2, 0.25) is 15.0 Å². The lowest BCUT2D eigenvalue weighted by Crippen LogP contribution is -2.03. The van der Waals surface area contributed by atoms with E-state index >= 15 is 0 Å². The summed E-state index contributed by atoms with van der Waals surface area (Å²) in [5.41, 5.74) is 0.140. The number of aryl methyl sites for hydroxylation is 1. The van der Waals surface area contributed by atoms with E-state index < -0.39 is 15.0 Å². The number of halogens is 3. The van der Waals surface area contributed by atoms with Crippen molar-refractivity contribution in [3.8, 4) is 0 Å². The molecule has 1 rings (SSSR count). The molecule has 0 spiro atoms. The molecule has 1 aromatic heterocycles. The highest BCUT2D eigenvalue weighted by Crippen LogP contribution is 2.13. The molecule has 3 nitrogen and oxygen atoms in total. The molecule has 78 valence electrons. The minimum atomic E-state index is -3.62. The summed E-state index contributed by atoms with van der Waals surface area (Å²) in [6.45, 7) is 0. The molecule has 0 N–H and O–H groups in total. The third-order valence-corrected chi connectivity index (χ3v) is 2.85. The van der Waals surface area contributed by atoms with Crippen LogP contribution < -0.4 is 0 Å². The van der Waals surface area contributed by atoms with Gasteiger partial charge in [-0.25, -0.2) is 13.4 Å². The fourth-order valence-electron chi connectivity index (χ4n) is 0.872. The SMILES string of the molecule is O=S(=O)(Cl)CCc1cc(Cl)cnc1F. The Morgan fingerprint density at radius 2 is 2.14 bits per heavy atom. The zero-order chi connectivity index (χ0) is 10.8. The number of nitrogens with zero attached hydrogens (tertiary/aromatic N) is 1. The van der Waals surface area contributed by atoms with Crippen LogP contribution in [0.1, 0.15) is 5.56 Å². The molecule has 7 heteroatoms. The maximum absolute atomic E-state index is 12.9. The van der Waals surface area contributed by atoms with Gasteiger partial charge in [0.1, 0.15) is 0 Å². The Morgan fingerprint density at radius 3 is 2.71 bits per heavy atom. The molecule has 14 heavy (non-hydrogen) atoms. The highest BCUT2D eigenvalue weighted by Gasteiger charge is 2.10. The molecule has 0 unspecified atom stereocenters. The van der Waals surface area contributed by atoms with Crippen molar-refractivity contribution in [3.05, 3.63) is 28.8 Å². The molecular formula is C7H6Cl2FNO2S. The van der Waals surface area contributed by atoms with Gasteiger partial charge in [-0.2, -0.15) is 4.39 Å². The fraction of sp³-hybridized carbons (Fsp3) is 0.286. The number of pyridine rings is 1. The summed E-state index contributed by atoms with van der Waals surface area (Å²) in [6.07, 6.45) is 1.11. The van der Waals surface area contributed by atoms with E-state index in [1.165, 1.54) is 6.07 Å². The molecule has 0 aromatic carbocycles. The van der Waals surface area contributed by atoms with Crippen LogP contribution in [0.25, 0.3) is 0 Å². The van der Waals surface area contributed by atoms with Crippen LogP contribution >= 0.6 is 22.3 Å². The normalized spacial score (nSPS) is 11.6. The van der Waals surface area contributed by atoms with Crippen LogP contribution in [0, 0.1) is 5.95 Å². The lowest BCUT2D eigenvalue weighted by Gasteiger charge is -2.00. The van der Waals surface area contributed by atoms with Gasteiger partial charge in [-0.1, -0.05) is 11.6 Å². The van der Waals surface area contributed by atoms with Crippen molar-refractivity contribution >= 4 is 31.3 Å². The predicted molar refractivity (Wildman–Crippen MR) is 52.5 cm³/mol. The first-order valence-electron chi connectivity index (χ1n) is 3.61. The monoisotopic (exact) mass is 257 g/mol. The van der Waals surface area contributed by atoms with E-state index in [9.17, 15) is 12.8 Å². The van der Waals surface area contributed by atoms with Gasteiger partial charge < -0.3 is 0 Å². The van der Waals surface area contributed by atoms with Crippen molar-refractivity contribution < 1.29 is 12.8 Å². The summed E-state index contributed by atoms with van der Waals surface area (Å²) < 4.78 is 34.1. The largest absolute Gasteiger partial charge is 0.232 e. The van der Waals surface area contributed by atoms with Crippen molar-refractivity contribution in [1.82, 2.24) is 4.98 Å². The van der Waals surface area contributed by atoms with E-state index in [4.69, 9.17) is 22.3 Å². The summed E-state index contributed by atoms with van der Waals surface area (Å²) in [5.74, 6) is -1.07. The van der Waals surface area contributed by atoms with Gasteiger partial charge in [-0.15, -0.1) is 0 Å². The molecule has 0 aliphatic heterocycles. The second kappa shape index (κ2) is 4.42.